The molecule has 0 spiro atoms. The molecule has 0 saturated heterocycles. The van der Waals surface area contributed by atoms with Crippen LogP contribution in [0.3, 0.4) is 0 Å². The highest BCUT2D eigenvalue weighted by Crippen LogP contribution is 2.30. The number of methoxy groups -OCH3 is 1. The van der Waals surface area contributed by atoms with Gasteiger partial charge in [0.05, 0.1) is 35.3 Å². The summed E-state index contributed by atoms with van der Waals surface area (Å²) in [5.74, 6) is 0.0306. The zero-order valence-electron chi connectivity index (χ0n) is 16.1. The van der Waals surface area contributed by atoms with Gasteiger partial charge in [0.1, 0.15) is 23.2 Å². The van der Waals surface area contributed by atoms with E-state index in [0.717, 1.165) is 0 Å². The molecule has 1 aromatic heterocycles. The zero-order valence-corrected chi connectivity index (χ0v) is 16.9. The molecule has 11 heteroatoms. The summed E-state index contributed by atoms with van der Waals surface area (Å²) in [6.07, 6.45) is 1.30. The molecule has 1 amide bonds. The van der Waals surface area contributed by atoms with Crippen LogP contribution < -0.4 is 20.5 Å². The van der Waals surface area contributed by atoms with Gasteiger partial charge in [0, 0.05) is 6.92 Å². The number of hydrogen-bond donors (Lipinski definition) is 3. The molecule has 3 rings (SSSR count). The number of nitriles is 1. The molecule has 1 heterocycles. The minimum absolute atomic E-state index is 0.0848. The summed E-state index contributed by atoms with van der Waals surface area (Å²) in [7, 11) is -2.63. The summed E-state index contributed by atoms with van der Waals surface area (Å²) in [4.78, 5) is 11.3. The average molecular weight is 426 g/mol. The average Bonchev–Trinajstić information content (AvgIpc) is 3.08. The number of nitrogen functional groups attached to an aromatic ring is 1. The smallest absolute Gasteiger partial charge is 0.262 e. The van der Waals surface area contributed by atoms with Crippen molar-refractivity contribution < 1.29 is 17.9 Å². The SMILES string of the molecule is COc1ccc(S(=O)(=O)Nc2ccccc2-n2ncc(C#N)c2N)cc1NC(C)=O. The number of para-hydroxylation sites is 2. The van der Waals surface area contributed by atoms with Crippen molar-refractivity contribution in [1.82, 2.24) is 9.78 Å². The van der Waals surface area contributed by atoms with Gasteiger partial charge in [0.2, 0.25) is 5.91 Å². The quantitative estimate of drug-likeness (QED) is 0.545. The van der Waals surface area contributed by atoms with Crippen LogP contribution in [0.15, 0.2) is 53.6 Å². The first-order chi connectivity index (χ1) is 14.3. The van der Waals surface area contributed by atoms with Gasteiger partial charge in [-0.2, -0.15) is 10.4 Å². The Hall–Kier alpha value is -4.04. The normalized spacial score (nSPS) is 10.8. The second kappa shape index (κ2) is 8.14. The van der Waals surface area contributed by atoms with Gasteiger partial charge in [-0.3, -0.25) is 9.52 Å². The molecule has 0 radical (unpaired) electrons. The Morgan fingerprint density at radius 3 is 2.60 bits per heavy atom. The van der Waals surface area contributed by atoms with Crippen LogP contribution in [-0.4, -0.2) is 31.2 Å². The molecule has 0 bridgehead atoms. The molecule has 0 fully saturated rings. The van der Waals surface area contributed by atoms with Crippen LogP contribution in [0, 0.1) is 11.3 Å². The molecular formula is C19H18N6O4S. The number of nitrogens with zero attached hydrogens (tertiary/aromatic N) is 3. The number of amides is 1. The fourth-order valence-corrected chi connectivity index (χ4v) is 3.83. The van der Waals surface area contributed by atoms with Crippen LogP contribution in [0.2, 0.25) is 0 Å². The summed E-state index contributed by atoms with van der Waals surface area (Å²) in [5, 5.41) is 15.7. The lowest BCUT2D eigenvalue weighted by Crippen LogP contribution is -2.16. The first-order valence-electron chi connectivity index (χ1n) is 8.58. The minimum atomic E-state index is -4.04. The fourth-order valence-electron chi connectivity index (χ4n) is 2.73. The second-order valence-electron chi connectivity index (χ2n) is 6.13. The lowest BCUT2D eigenvalue weighted by molar-refractivity contribution is -0.114. The number of nitrogens with two attached hydrogens (primary N) is 1. The third kappa shape index (κ3) is 4.03. The molecular weight excluding hydrogens is 408 g/mol. The number of carbonyl (C=O) groups excluding carboxylic acids is 1. The molecule has 0 saturated carbocycles. The van der Waals surface area contributed by atoms with Crippen LogP contribution >= 0.6 is 0 Å². The molecule has 30 heavy (non-hydrogen) atoms. The highest BCUT2D eigenvalue weighted by molar-refractivity contribution is 7.92. The number of anilines is 3. The van der Waals surface area contributed by atoms with Crippen molar-refractivity contribution in [3.63, 3.8) is 0 Å². The number of aromatic nitrogens is 2. The van der Waals surface area contributed by atoms with Crippen molar-refractivity contribution in [3.8, 4) is 17.5 Å². The van der Waals surface area contributed by atoms with Crippen molar-refractivity contribution in [2.75, 3.05) is 22.9 Å². The van der Waals surface area contributed by atoms with Gasteiger partial charge in [-0.15, -0.1) is 0 Å². The molecule has 0 aliphatic rings. The highest BCUT2D eigenvalue weighted by atomic mass is 32.2. The first-order valence-corrected chi connectivity index (χ1v) is 10.1. The number of ether oxygens (including phenoxy) is 1. The Bertz CT molecular complexity index is 1260. The Labute approximate surface area is 172 Å². The van der Waals surface area contributed by atoms with Crippen LogP contribution in [0.25, 0.3) is 5.69 Å². The number of carbonyl (C=O) groups is 1. The van der Waals surface area contributed by atoms with Gasteiger partial charge < -0.3 is 15.8 Å². The van der Waals surface area contributed by atoms with E-state index in [-0.39, 0.29) is 33.6 Å². The summed E-state index contributed by atoms with van der Waals surface area (Å²) in [5.41, 5.74) is 6.87. The summed E-state index contributed by atoms with van der Waals surface area (Å²) in [6.45, 7) is 1.30. The zero-order chi connectivity index (χ0) is 21.9. The van der Waals surface area contributed by atoms with E-state index in [0.29, 0.717) is 11.4 Å². The van der Waals surface area contributed by atoms with Crippen LogP contribution in [0.1, 0.15) is 12.5 Å². The van der Waals surface area contributed by atoms with Gasteiger partial charge in [-0.1, -0.05) is 12.1 Å². The van der Waals surface area contributed by atoms with Gasteiger partial charge in [0.15, 0.2) is 0 Å². The molecule has 0 aliphatic carbocycles. The van der Waals surface area contributed by atoms with E-state index in [2.05, 4.69) is 15.1 Å². The van der Waals surface area contributed by atoms with Crippen molar-refractivity contribution in [2.45, 2.75) is 11.8 Å². The number of benzene rings is 2. The van der Waals surface area contributed by atoms with Crippen LogP contribution in [-0.2, 0) is 14.8 Å². The molecule has 4 N–H and O–H groups in total. The van der Waals surface area contributed by atoms with Crippen LogP contribution in [0.5, 0.6) is 5.75 Å². The van der Waals surface area contributed by atoms with Gasteiger partial charge in [0.25, 0.3) is 10.0 Å². The third-order valence-electron chi connectivity index (χ3n) is 4.10. The Balaban J connectivity index is 2.02. The Morgan fingerprint density at radius 2 is 1.97 bits per heavy atom. The van der Waals surface area contributed by atoms with Gasteiger partial charge in [-0.05, 0) is 30.3 Å². The topological polar surface area (TPSA) is 152 Å². The predicted octanol–water partition coefficient (Wildman–Crippen LogP) is 2.09. The van der Waals surface area contributed by atoms with E-state index >= 15 is 0 Å². The summed E-state index contributed by atoms with van der Waals surface area (Å²) < 4.78 is 34.9. The van der Waals surface area contributed by atoms with E-state index in [1.165, 1.54) is 49.2 Å². The van der Waals surface area contributed by atoms with Crippen molar-refractivity contribution in [1.29, 1.82) is 5.26 Å². The molecule has 0 aliphatic heterocycles. The van der Waals surface area contributed by atoms with Gasteiger partial charge in [-0.25, -0.2) is 13.1 Å². The second-order valence-corrected chi connectivity index (χ2v) is 7.82. The maximum absolute atomic E-state index is 13.0. The fraction of sp³-hybridized carbons (Fsp3) is 0.105. The summed E-state index contributed by atoms with van der Waals surface area (Å²) >= 11 is 0. The lowest BCUT2D eigenvalue weighted by atomic mass is 10.2. The molecule has 2 aromatic carbocycles. The van der Waals surface area contributed by atoms with Crippen molar-refractivity contribution in [3.05, 3.63) is 54.2 Å². The third-order valence-corrected chi connectivity index (χ3v) is 5.46. The molecule has 0 atom stereocenters. The monoisotopic (exact) mass is 426 g/mol. The lowest BCUT2D eigenvalue weighted by Gasteiger charge is -2.15. The largest absolute Gasteiger partial charge is 0.495 e. The Kier molecular flexibility index (Phi) is 5.61. The predicted molar refractivity (Wildman–Crippen MR) is 111 cm³/mol. The van der Waals surface area contributed by atoms with Gasteiger partial charge >= 0.3 is 0 Å². The van der Waals surface area contributed by atoms with E-state index in [4.69, 9.17) is 15.7 Å². The molecule has 10 nitrogen and oxygen atoms in total. The number of rotatable bonds is 6. The van der Waals surface area contributed by atoms with Crippen LogP contribution in [0.4, 0.5) is 17.2 Å². The summed E-state index contributed by atoms with van der Waals surface area (Å²) in [6, 6.07) is 12.5. The van der Waals surface area contributed by atoms with E-state index in [9.17, 15) is 13.2 Å². The van der Waals surface area contributed by atoms with Crippen molar-refractivity contribution in [2.24, 2.45) is 0 Å². The maximum Gasteiger partial charge on any atom is 0.262 e. The number of sulfonamides is 1. The molecule has 3 aromatic rings. The minimum Gasteiger partial charge on any atom is -0.495 e. The number of hydrogen-bond acceptors (Lipinski definition) is 7. The van der Waals surface area contributed by atoms with E-state index in [1.807, 2.05) is 6.07 Å². The molecule has 0 unspecified atom stereocenters. The number of nitrogens with one attached hydrogen (secondary N) is 2. The highest BCUT2D eigenvalue weighted by Gasteiger charge is 2.20. The van der Waals surface area contributed by atoms with E-state index in [1.54, 1.807) is 18.2 Å². The van der Waals surface area contributed by atoms with E-state index < -0.39 is 10.0 Å². The Morgan fingerprint density at radius 1 is 1.23 bits per heavy atom. The molecule has 154 valence electrons. The standard InChI is InChI=1S/C19H18N6O4S/c1-12(26)23-16-9-14(7-8-18(16)29-2)30(27,28)24-15-5-3-4-6-17(15)25-19(21)13(10-20)11-22-25/h3-9,11,24H,21H2,1-2H3,(H,23,26). The first kappa shape index (κ1) is 20.7. The maximum atomic E-state index is 13.0. The van der Waals surface area contributed by atoms with Crippen molar-refractivity contribution >= 4 is 33.1 Å².